The van der Waals surface area contributed by atoms with Gasteiger partial charge in [0, 0.05) is 0 Å². The molecule has 0 aliphatic carbocycles. The molecule has 0 aliphatic rings. The van der Waals surface area contributed by atoms with Crippen molar-refractivity contribution in [2.45, 2.75) is 14.7 Å². The quantitative estimate of drug-likeness (QED) is 0.327. The molecule has 25 heavy (non-hydrogen) atoms. The summed E-state index contributed by atoms with van der Waals surface area (Å²) in [7, 11) is 0. The zero-order chi connectivity index (χ0) is 17.9. The Morgan fingerprint density at radius 3 is 0.760 bits per heavy atom. The number of hydrogen-bond donors (Lipinski definition) is 3. The maximum Gasteiger partial charge on any atom is 3.00 e. The topological polar surface area (TPSA) is 60.7 Å². The van der Waals surface area contributed by atoms with Gasteiger partial charge < -0.3 is 53.2 Å². The minimum absolute atomic E-state index is 0. The molecule has 0 amide bonds. The number of hydrogen-bond acceptors (Lipinski definition) is 6. The second-order valence-corrected chi connectivity index (χ2v) is 5.72. The van der Waals surface area contributed by atoms with Crippen LogP contribution in [0.4, 0.5) is 0 Å². The van der Waals surface area contributed by atoms with E-state index in [4.69, 9.17) is 53.2 Å². The van der Waals surface area contributed by atoms with Crippen LogP contribution in [0.2, 0.25) is 0 Å². The van der Waals surface area contributed by atoms with Crippen molar-refractivity contribution in [3.05, 3.63) is 72.8 Å². The van der Waals surface area contributed by atoms with E-state index >= 15 is 0 Å². The Bertz CT molecular complexity index is 603. The molecule has 0 saturated heterocycles. The Kier molecular flexibility index (Phi) is 12.1. The van der Waals surface area contributed by atoms with Crippen molar-refractivity contribution in [3.63, 3.8) is 0 Å². The van der Waals surface area contributed by atoms with Gasteiger partial charge in [0.15, 0.2) is 0 Å². The van der Waals surface area contributed by atoms with Crippen LogP contribution >= 0.6 is 0 Å². The molecule has 0 unspecified atom stereocenters. The van der Waals surface area contributed by atoms with Crippen molar-refractivity contribution in [2.75, 3.05) is 0 Å². The van der Waals surface area contributed by atoms with E-state index in [1.165, 1.54) is 0 Å². The zero-order valence-corrected chi connectivity index (χ0v) is 17.9. The number of phenolic OH excluding ortho intramolecular Hbond substituents is 3. The third-order valence-corrected chi connectivity index (χ3v) is 3.63. The van der Waals surface area contributed by atoms with Crippen LogP contribution in [0, 0.1) is 0 Å². The van der Waals surface area contributed by atoms with Gasteiger partial charge in [-0.15, -0.1) is 14.7 Å². The minimum atomic E-state index is 0. The second-order valence-electron chi connectivity index (χ2n) is 4.40. The molecule has 0 fully saturated rings. The summed E-state index contributed by atoms with van der Waals surface area (Å²) in [5.41, 5.74) is 0. The Balaban J connectivity index is 0.000000339. The fourth-order valence-electron chi connectivity index (χ4n) is 1.37. The van der Waals surface area contributed by atoms with E-state index in [1.54, 1.807) is 72.8 Å². The number of benzene rings is 3. The van der Waals surface area contributed by atoms with Crippen LogP contribution in [0.3, 0.4) is 0 Å². The van der Waals surface area contributed by atoms with Crippen molar-refractivity contribution in [1.82, 2.24) is 0 Å². The normalized spacial score (nSPS) is 8.64. The summed E-state index contributed by atoms with van der Waals surface area (Å²) in [6, 6.07) is 20.4. The maximum absolute atomic E-state index is 8.82. The summed E-state index contributed by atoms with van der Waals surface area (Å²) in [4.78, 5) is 1.52. The molecule has 3 aromatic carbocycles. The molecule has 3 nitrogen and oxygen atoms in total. The standard InChI is InChI=1S/3C6H6OS.Sb/c3*7-5-3-1-2-4-6(5)8;/h3*1-4,7-8H;/q;;;+3/p-3. The molecule has 0 atom stereocenters. The third kappa shape index (κ3) is 9.56. The summed E-state index contributed by atoms with van der Waals surface area (Å²) < 4.78 is 0. The largest absolute Gasteiger partial charge is 3.00 e. The molecule has 3 N–H and O–H groups in total. The fraction of sp³-hybridized carbons (Fsp3) is 0. The summed E-state index contributed by atoms with van der Waals surface area (Å²) in [5, 5.41) is 26.4. The second kappa shape index (κ2) is 12.8. The van der Waals surface area contributed by atoms with E-state index in [0.29, 0.717) is 14.7 Å². The van der Waals surface area contributed by atoms with Crippen LogP contribution in [0.1, 0.15) is 0 Å². The van der Waals surface area contributed by atoms with Crippen molar-refractivity contribution in [1.29, 1.82) is 0 Å². The van der Waals surface area contributed by atoms with Gasteiger partial charge in [0.25, 0.3) is 0 Å². The third-order valence-electron chi connectivity index (χ3n) is 2.60. The van der Waals surface area contributed by atoms with Gasteiger partial charge in [-0.25, -0.2) is 0 Å². The van der Waals surface area contributed by atoms with E-state index in [1.807, 2.05) is 0 Å². The maximum atomic E-state index is 8.82. The zero-order valence-electron chi connectivity index (χ0n) is 12.9. The summed E-state index contributed by atoms with van der Waals surface area (Å²) in [6.07, 6.45) is 0. The summed E-state index contributed by atoms with van der Waals surface area (Å²) in [6.45, 7) is 0. The molecule has 0 aliphatic heterocycles. The van der Waals surface area contributed by atoms with Gasteiger partial charge in [-0.05, 0) is 18.2 Å². The predicted octanol–water partition coefficient (Wildman–Crippen LogP) is 3.51. The molecule has 2 radical (unpaired) electrons. The van der Waals surface area contributed by atoms with Crippen LogP contribution in [0.15, 0.2) is 87.5 Å². The smallest absolute Gasteiger partial charge is 0.776 e. The summed E-state index contributed by atoms with van der Waals surface area (Å²) >= 11 is 14.1. The molecule has 0 saturated carbocycles. The number of aromatic hydroxyl groups is 3. The molecule has 128 valence electrons. The average molecular weight is 497 g/mol. The Morgan fingerprint density at radius 2 is 0.640 bits per heavy atom. The van der Waals surface area contributed by atoms with Gasteiger partial charge in [0.05, 0.1) is 17.2 Å². The minimum Gasteiger partial charge on any atom is -0.776 e. The van der Waals surface area contributed by atoms with E-state index < -0.39 is 0 Å². The van der Waals surface area contributed by atoms with Crippen LogP contribution in [-0.2, 0) is 37.9 Å². The van der Waals surface area contributed by atoms with Crippen molar-refractivity contribution < 1.29 is 15.3 Å². The number of rotatable bonds is 0. The molecular weight excluding hydrogens is 482 g/mol. The van der Waals surface area contributed by atoms with Gasteiger partial charge in [-0.1, -0.05) is 54.6 Å². The Morgan fingerprint density at radius 1 is 0.440 bits per heavy atom. The van der Waals surface area contributed by atoms with Gasteiger partial charge >= 0.3 is 24.4 Å². The van der Waals surface area contributed by atoms with Crippen LogP contribution in [0.25, 0.3) is 0 Å². The molecule has 0 heterocycles. The van der Waals surface area contributed by atoms with E-state index in [0.717, 1.165) is 0 Å². The van der Waals surface area contributed by atoms with Crippen LogP contribution in [-0.4, -0.2) is 39.7 Å². The molecule has 7 heteroatoms. The van der Waals surface area contributed by atoms with Gasteiger partial charge in [-0.3, -0.25) is 0 Å². The molecule has 3 rings (SSSR count). The van der Waals surface area contributed by atoms with Crippen LogP contribution < -0.4 is 0 Å². The monoisotopic (exact) mass is 496 g/mol. The van der Waals surface area contributed by atoms with Crippen molar-refractivity contribution in [3.8, 4) is 17.2 Å². The van der Waals surface area contributed by atoms with Crippen LogP contribution in [0.5, 0.6) is 17.2 Å². The molecule has 0 spiro atoms. The van der Waals surface area contributed by atoms with Crippen molar-refractivity contribution >= 4 is 62.3 Å². The molecule has 0 aromatic heterocycles. The van der Waals surface area contributed by atoms with Crippen molar-refractivity contribution in [2.24, 2.45) is 0 Å². The van der Waals surface area contributed by atoms with E-state index in [-0.39, 0.29) is 41.7 Å². The first-order chi connectivity index (χ1) is 11.4. The first-order valence-electron chi connectivity index (χ1n) is 6.77. The Labute approximate surface area is 181 Å². The average Bonchev–Trinajstić information content (AvgIpc) is 2.57. The van der Waals surface area contributed by atoms with Gasteiger partial charge in [0.1, 0.15) is 0 Å². The van der Waals surface area contributed by atoms with Gasteiger partial charge in [0.2, 0.25) is 0 Å². The Hall–Kier alpha value is -1.46. The van der Waals surface area contributed by atoms with E-state index in [2.05, 4.69) is 0 Å². The first kappa shape index (κ1) is 23.5. The first-order valence-corrected chi connectivity index (χ1v) is 7.99. The SMILES string of the molecule is Oc1ccccc1[S-].Oc1ccccc1[S-].Oc1ccccc1[S-].[Sb+3]. The van der Waals surface area contributed by atoms with Gasteiger partial charge in [-0.2, -0.15) is 0 Å². The molecule has 3 aromatic rings. The fourth-order valence-corrected chi connectivity index (χ4v) is 1.81. The number of phenols is 3. The summed E-state index contributed by atoms with van der Waals surface area (Å²) in [5.74, 6) is 0.549. The predicted molar refractivity (Wildman–Crippen MR) is 107 cm³/mol. The molecular formula is C18H15O3S3Sb. The molecule has 0 bridgehead atoms. The van der Waals surface area contributed by atoms with E-state index in [9.17, 15) is 0 Å². The number of para-hydroxylation sites is 3.